The van der Waals surface area contributed by atoms with Crippen molar-refractivity contribution >= 4 is 38.7 Å². The normalized spacial score (nSPS) is 13.7. The number of hydrogen-bond donors (Lipinski definition) is 2. The lowest BCUT2D eigenvalue weighted by Crippen LogP contribution is -2.22. The van der Waals surface area contributed by atoms with Gasteiger partial charge in [0.05, 0.1) is 34.7 Å². The van der Waals surface area contributed by atoms with E-state index in [0.29, 0.717) is 0 Å². The molecule has 0 fully saturated rings. The molecule has 5 rings (SSSR count). The lowest BCUT2D eigenvalue weighted by molar-refractivity contribution is 0.0949. The van der Waals surface area contributed by atoms with Gasteiger partial charge in [-0.05, 0) is 61.0 Å². The van der Waals surface area contributed by atoms with Gasteiger partial charge in [0.25, 0.3) is 11.8 Å². The van der Waals surface area contributed by atoms with Gasteiger partial charge in [0, 0.05) is 22.2 Å². The van der Waals surface area contributed by atoms with Gasteiger partial charge >= 0.3 is 0 Å². The Bertz CT molecular complexity index is 1630. The van der Waals surface area contributed by atoms with E-state index in [1.807, 2.05) is 25.1 Å². The minimum atomic E-state index is -3.93. The monoisotopic (exact) mass is 519 g/mol. The van der Waals surface area contributed by atoms with E-state index in [9.17, 15) is 18.0 Å². The molecule has 2 amide bonds. The highest BCUT2D eigenvalue weighted by Gasteiger charge is 2.31. The summed E-state index contributed by atoms with van der Waals surface area (Å²) >= 11 is 1.46. The summed E-state index contributed by atoms with van der Waals surface area (Å²) in [6, 6.07) is 16.0. The molecule has 4 aromatic rings. The average Bonchev–Trinajstić information content (AvgIpc) is 3.33. The molecule has 0 spiro atoms. The number of benzene rings is 3. The first-order valence-corrected chi connectivity index (χ1v) is 13.3. The third-order valence-corrected chi connectivity index (χ3v) is 8.74. The van der Waals surface area contributed by atoms with Gasteiger partial charge in [-0.3, -0.25) is 9.59 Å². The zero-order chi connectivity index (χ0) is 25.4. The molecule has 3 aromatic carbocycles. The van der Waals surface area contributed by atoms with E-state index in [4.69, 9.17) is 4.74 Å². The number of thiazole rings is 1. The number of aryl methyl sites for hydroxylation is 1. The van der Waals surface area contributed by atoms with Crippen LogP contribution in [-0.2, 0) is 16.4 Å². The second-order valence-electron chi connectivity index (χ2n) is 8.16. The highest BCUT2D eigenvalue weighted by molar-refractivity contribution is 7.91. The Morgan fingerprint density at radius 1 is 1.08 bits per heavy atom. The van der Waals surface area contributed by atoms with Gasteiger partial charge in [0.1, 0.15) is 10.8 Å². The molecule has 36 heavy (non-hydrogen) atoms. The molecular weight excluding hydrogens is 498 g/mol. The van der Waals surface area contributed by atoms with Crippen molar-refractivity contribution in [3.63, 3.8) is 0 Å². The number of aromatic nitrogens is 1. The summed E-state index contributed by atoms with van der Waals surface area (Å²) in [5.41, 5.74) is 2.32. The fraction of sp³-hybridized carbons (Fsp3) is 0.115. The molecule has 2 heterocycles. The van der Waals surface area contributed by atoms with Gasteiger partial charge in [-0.25, -0.2) is 13.4 Å². The molecule has 10 heteroatoms. The molecule has 0 atom stereocenters. The van der Waals surface area contributed by atoms with E-state index in [1.165, 1.54) is 41.7 Å². The number of amides is 2. The average molecular weight is 520 g/mol. The second-order valence-corrected chi connectivity index (χ2v) is 11.2. The molecular formula is C26H21N3O5S2. The highest BCUT2D eigenvalue weighted by atomic mass is 32.2. The Morgan fingerprint density at radius 3 is 2.67 bits per heavy atom. The van der Waals surface area contributed by atoms with Crippen molar-refractivity contribution in [3.8, 4) is 16.3 Å². The number of nitrogens with zero attached hydrogens (tertiary/aromatic N) is 1. The first kappa shape index (κ1) is 23.7. The second kappa shape index (κ2) is 9.21. The van der Waals surface area contributed by atoms with E-state index in [1.54, 1.807) is 25.4 Å². The standard InChI is InChI=1S/C26H21N3O5S2/c1-15-11-17(7-9-21(15)34-2)26-28-14-18(35-26)13-27-24(30)16-8-10-23-20(12-16)29-25(31)19-5-3-4-6-22(19)36(23,32)33/h3-12,14H,13H2,1-2H3,(H,27,30)(H,29,31). The van der Waals surface area contributed by atoms with E-state index in [2.05, 4.69) is 15.6 Å². The van der Waals surface area contributed by atoms with Gasteiger partial charge < -0.3 is 15.4 Å². The van der Waals surface area contributed by atoms with E-state index < -0.39 is 21.7 Å². The number of anilines is 1. The number of fused-ring (bicyclic) bond motifs is 2. The lowest BCUT2D eigenvalue weighted by Gasteiger charge is -2.10. The van der Waals surface area contributed by atoms with Gasteiger partial charge in [-0.2, -0.15) is 0 Å². The lowest BCUT2D eigenvalue weighted by atomic mass is 10.1. The van der Waals surface area contributed by atoms with Gasteiger partial charge in [0.2, 0.25) is 9.84 Å². The molecule has 0 aliphatic carbocycles. The third kappa shape index (κ3) is 4.25. The van der Waals surface area contributed by atoms with Crippen LogP contribution in [0.3, 0.4) is 0 Å². The van der Waals surface area contributed by atoms with Crippen LogP contribution < -0.4 is 15.4 Å². The van der Waals surface area contributed by atoms with Crippen molar-refractivity contribution in [1.82, 2.24) is 10.3 Å². The van der Waals surface area contributed by atoms with E-state index >= 15 is 0 Å². The largest absolute Gasteiger partial charge is 0.496 e. The van der Waals surface area contributed by atoms with Gasteiger partial charge in [-0.1, -0.05) is 12.1 Å². The molecule has 0 unspecified atom stereocenters. The van der Waals surface area contributed by atoms with Crippen LogP contribution in [0.1, 0.15) is 31.2 Å². The zero-order valence-electron chi connectivity index (χ0n) is 19.4. The van der Waals surface area contributed by atoms with Crippen LogP contribution in [0.5, 0.6) is 5.75 Å². The first-order valence-electron chi connectivity index (χ1n) is 11.0. The van der Waals surface area contributed by atoms with Crippen LogP contribution in [-0.4, -0.2) is 32.3 Å². The SMILES string of the molecule is COc1ccc(-c2ncc(CNC(=O)c3ccc4c(c3)NC(=O)c3ccccc3S4(=O)=O)s2)cc1C. The van der Waals surface area contributed by atoms with Crippen molar-refractivity contribution in [3.05, 3.63) is 88.4 Å². The maximum absolute atomic E-state index is 13.1. The van der Waals surface area contributed by atoms with Crippen LogP contribution in [0, 0.1) is 6.92 Å². The van der Waals surface area contributed by atoms with Crippen LogP contribution in [0.15, 0.2) is 76.7 Å². The van der Waals surface area contributed by atoms with Crippen molar-refractivity contribution in [1.29, 1.82) is 0 Å². The molecule has 1 aliphatic heterocycles. The summed E-state index contributed by atoms with van der Waals surface area (Å²) in [5, 5.41) is 6.27. The first-order chi connectivity index (χ1) is 17.3. The highest BCUT2D eigenvalue weighted by Crippen LogP contribution is 2.34. The molecule has 0 radical (unpaired) electrons. The van der Waals surface area contributed by atoms with Crippen molar-refractivity contribution < 1.29 is 22.7 Å². The minimum Gasteiger partial charge on any atom is -0.496 e. The van der Waals surface area contributed by atoms with Crippen LogP contribution in [0.25, 0.3) is 10.6 Å². The summed E-state index contributed by atoms with van der Waals surface area (Å²) < 4.78 is 31.5. The molecule has 0 bridgehead atoms. The van der Waals surface area contributed by atoms with Crippen molar-refractivity contribution in [2.75, 3.05) is 12.4 Å². The molecule has 0 saturated carbocycles. The van der Waals surface area contributed by atoms with E-state index in [0.717, 1.165) is 26.8 Å². The topological polar surface area (TPSA) is 114 Å². The number of rotatable bonds is 5. The summed E-state index contributed by atoms with van der Waals surface area (Å²) in [4.78, 5) is 30.7. The Hall–Kier alpha value is -4.02. The molecule has 0 saturated heterocycles. The maximum Gasteiger partial charge on any atom is 0.257 e. The third-order valence-electron chi connectivity index (χ3n) is 5.82. The minimum absolute atomic E-state index is 0.0563. The van der Waals surface area contributed by atoms with Gasteiger partial charge in [-0.15, -0.1) is 11.3 Å². The number of nitrogens with one attached hydrogen (secondary N) is 2. The van der Waals surface area contributed by atoms with Crippen LogP contribution in [0.4, 0.5) is 5.69 Å². The summed E-state index contributed by atoms with van der Waals surface area (Å²) in [6.45, 7) is 2.21. The van der Waals surface area contributed by atoms with Crippen molar-refractivity contribution in [2.24, 2.45) is 0 Å². The Kier molecular flexibility index (Phi) is 6.07. The Morgan fingerprint density at radius 2 is 1.89 bits per heavy atom. The van der Waals surface area contributed by atoms with Gasteiger partial charge in [0.15, 0.2) is 0 Å². The Labute approximate surface area is 211 Å². The predicted molar refractivity (Wildman–Crippen MR) is 136 cm³/mol. The molecule has 2 N–H and O–H groups in total. The summed E-state index contributed by atoms with van der Waals surface area (Å²) in [6.07, 6.45) is 1.71. The summed E-state index contributed by atoms with van der Waals surface area (Å²) in [7, 11) is -2.30. The molecule has 182 valence electrons. The fourth-order valence-electron chi connectivity index (χ4n) is 4.00. The molecule has 8 nitrogen and oxygen atoms in total. The van der Waals surface area contributed by atoms with E-state index in [-0.39, 0.29) is 33.2 Å². The number of carbonyl (C=O) groups is 2. The van der Waals surface area contributed by atoms with Crippen LogP contribution in [0.2, 0.25) is 0 Å². The Balaban J connectivity index is 1.34. The fourth-order valence-corrected chi connectivity index (χ4v) is 6.44. The summed E-state index contributed by atoms with van der Waals surface area (Å²) in [5.74, 6) is -0.144. The number of ether oxygens (including phenoxy) is 1. The quantitative estimate of drug-likeness (QED) is 0.403. The maximum atomic E-state index is 13.1. The van der Waals surface area contributed by atoms with Crippen LogP contribution >= 0.6 is 11.3 Å². The number of methoxy groups -OCH3 is 1. The van der Waals surface area contributed by atoms with Crippen molar-refractivity contribution in [2.45, 2.75) is 23.3 Å². The zero-order valence-corrected chi connectivity index (χ0v) is 21.0. The number of carbonyl (C=O) groups excluding carboxylic acids is 2. The number of hydrogen-bond acceptors (Lipinski definition) is 7. The molecule has 1 aliphatic rings. The predicted octanol–water partition coefficient (Wildman–Crippen LogP) is 4.46. The molecule has 1 aromatic heterocycles. The number of sulfone groups is 1. The smallest absolute Gasteiger partial charge is 0.257 e.